The van der Waals surface area contributed by atoms with Gasteiger partial charge in [0.2, 0.25) is 0 Å². The average Bonchev–Trinajstić information content (AvgIpc) is 2.97. The summed E-state index contributed by atoms with van der Waals surface area (Å²) in [6.45, 7) is 0. The van der Waals surface area contributed by atoms with Gasteiger partial charge in [-0.3, -0.25) is 4.79 Å². The van der Waals surface area contributed by atoms with Gasteiger partial charge in [0.25, 0.3) is 0 Å². The van der Waals surface area contributed by atoms with Crippen molar-refractivity contribution in [2.24, 2.45) is 11.3 Å². The predicted octanol–water partition coefficient (Wildman–Crippen LogP) is 4.32. The summed E-state index contributed by atoms with van der Waals surface area (Å²) in [5.41, 5.74) is 1.65. The Bertz CT molecular complexity index is 808. The monoisotopic (exact) mass is 302 g/mol. The minimum atomic E-state index is -0.440. The van der Waals surface area contributed by atoms with Crippen LogP contribution in [0.2, 0.25) is 0 Å². The molecular weight excluding hydrogens is 284 g/mol. The number of fused-ring (bicyclic) bond motifs is 1. The number of esters is 1. The molecule has 0 saturated heterocycles. The highest BCUT2D eigenvalue weighted by atomic mass is 16.5. The summed E-state index contributed by atoms with van der Waals surface area (Å²) < 4.78 is 5.84. The zero-order valence-electron chi connectivity index (χ0n) is 12.9. The molecule has 3 aliphatic rings. The van der Waals surface area contributed by atoms with Gasteiger partial charge >= 0.3 is 5.97 Å². The summed E-state index contributed by atoms with van der Waals surface area (Å²) >= 11 is 0. The first-order valence-electron chi connectivity index (χ1n) is 8.35. The highest BCUT2D eigenvalue weighted by molar-refractivity contribution is 5.97. The maximum absolute atomic E-state index is 13.1. The van der Waals surface area contributed by atoms with Crippen LogP contribution in [0.3, 0.4) is 0 Å². The van der Waals surface area contributed by atoms with Gasteiger partial charge in [0.15, 0.2) is 0 Å². The Morgan fingerprint density at radius 2 is 1.65 bits per heavy atom. The van der Waals surface area contributed by atoms with E-state index < -0.39 is 5.41 Å². The molecule has 23 heavy (non-hydrogen) atoms. The van der Waals surface area contributed by atoms with Crippen LogP contribution >= 0.6 is 0 Å². The number of carbonyl (C=O) groups excluding carboxylic acids is 1. The molecule has 2 aromatic carbocycles. The molecule has 2 fully saturated rings. The van der Waals surface area contributed by atoms with E-state index in [0.29, 0.717) is 5.92 Å². The highest BCUT2D eigenvalue weighted by Crippen LogP contribution is 2.80. The van der Waals surface area contributed by atoms with E-state index in [1.165, 1.54) is 6.42 Å². The molecule has 0 amide bonds. The molecule has 5 rings (SSSR count). The summed E-state index contributed by atoms with van der Waals surface area (Å²) in [6, 6.07) is 20.2. The molecule has 0 N–H and O–H groups in total. The number of carbonyl (C=O) groups is 1. The molecule has 1 spiro atoms. The van der Waals surface area contributed by atoms with Gasteiger partial charge in [-0.1, -0.05) is 67.1 Å². The molecule has 1 heterocycles. The van der Waals surface area contributed by atoms with Crippen molar-refractivity contribution in [2.75, 3.05) is 0 Å². The molecule has 3 atom stereocenters. The Kier molecular flexibility index (Phi) is 2.48. The molecule has 114 valence electrons. The van der Waals surface area contributed by atoms with Crippen molar-refractivity contribution in [3.63, 3.8) is 0 Å². The van der Waals surface area contributed by atoms with Crippen LogP contribution in [0.4, 0.5) is 0 Å². The number of hydrogen-bond donors (Lipinski definition) is 0. The molecule has 0 aromatic heterocycles. The first-order valence-corrected chi connectivity index (χ1v) is 8.35. The number of ether oxygens (including phenoxy) is 1. The van der Waals surface area contributed by atoms with Crippen molar-refractivity contribution in [1.82, 2.24) is 0 Å². The van der Waals surface area contributed by atoms with Crippen LogP contribution in [0.25, 0.3) is 5.76 Å². The lowest BCUT2D eigenvalue weighted by Crippen LogP contribution is -2.34. The molecule has 1 aliphatic heterocycles. The van der Waals surface area contributed by atoms with Crippen molar-refractivity contribution in [3.8, 4) is 0 Å². The third-order valence-corrected chi connectivity index (χ3v) is 6.08. The molecule has 2 saturated carbocycles. The standard InChI is InChI=1S/C21H18O2/c22-19-21(16-10-5-2-6-11-16)18-12-7-13-20(18,21)14-17(23-19)15-8-3-1-4-9-15/h1-6,8-11,14,18H,7,12-13H2/t18-,20-,21-/m1/s1. The molecular formula is C21H18O2. The Balaban J connectivity index is 1.67. The summed E-state index contributed by atoms with van der Waals surface area (Å²) in [4.78, 5) is 13.1. The largest absolute Gasteiger partial charge is 0.426 e. The number of hydrogen-bond acceptors (Lipinski definition) is 2. The second-order valence-corrected chi connectivity index (χ2v) is 6.92. The van der Waals surface area contributed by atoms with Crippen LogP contribution in [0.1, 0.15) is 30.4 Å². The van der Waals surface area contributed by atoms with Crippen molar-refractivity contribution >= 4 is 11.7 Å². The number of rotatable bonds is 2. The van der Waals surface area contributed by atoms with Crippen molar-refractivity contribution < 1.29 is 9.53 Å². The first kappa shape index (κ1) is 13.1. The van der Waals surface area contributed by atoms with Crippen LogP contribution in [-0.2, 0) is 14.9 Å². The predicted molar refractivity (Wildman–Crippen MR) is 88.4 cm³/mol. The van der Waals surface area contributed by atoms with E-state index in [1.807, 2.05) is 48.5 Å². The van der Waals surface area contributed by atoms with Crippen molar-refractivity contribution in [3.05, 3.63) is 77.9 Å². The van der Waals surface area contributed by atoms with Gasteiger partial charge in [-0.05, 0) is 30.4 Å². The SMILES string of the molecule is O=C1OC(c2ccccc2)=C[C@]23CCC[C@H]2[C@]13c1ccccc1. The maximum atomic E-state index is 13.1. The third kappa shape index (κ3) is 1.46. The van der Waals surface area contributed by atoms with Gasteiger partial charge in [-0.2, -0.15) is 0 Å². The van der Waals surface area contributed by atoms with Crippen LogP contribution in [0.5, 0.6) is 0 Å². The summed E-state index contributed by atoms with van der Waals surface area (Å²) in [5, 5.41) is 0. The quantitative estimate of drug-likeness (QED) is 0.772. The maximum Gasteiger partial charge on any atom is 0.323 e. The van der Waals surface area contributed by atoms with Crippen molar-refractivity contribution in [1.29, 1.82) is 0 Å². The van der Waals surface area contributed by atoms with E-state index in [1.54, 1.807) is 0 Å². The van der Waals surface area contributed by atoms with Gasteiger partial charge in [0.1, 0.15) is 11.2 Å². The van der Waals surface area contributed by atoms with E-state index >= 15 is 0 Å². The zero-order chi connectivity index (χ0) is 15.5. The summed E-state index contributed by atoms with van der Waals surface area (Å²) in [7, 11) is 0. The number of benzene rings is 2. The Labute approximate surface area is 135 Å². The van der Waals surface area contributed by atoms with E-state index in [2.05, 4.69) is 18.2 Å². The molecule has 0 unspecified atom stereocenters. The highest BCUT2D eigenvalue weighted by Gasteiger charge is 2.83. The third-order valence-electron chi connectivity index (χ3n) is 6.08. The lowest BCUT2D eigenvalue weighted by atomic mass is 9.80. The Morgan fingerprint density at radius 3 is 2.39 bits per heavy atom. The fourth-order valence-corrected chi connectivity index (χ4v) is 5.18. The fourth-order valence-electron chi connectivity index (χ4n) is 5.18. The first-order chi connectivity index (χ1) is 11.3. The smallest absolute Gasteiger partial charge is 0.323 e. The minimum Gasteiger partial charge on any atom is -0.426 e. The van der Waals surface area contributed by atoms with Gasteiger partial charge in [0, 0.05) is 11.0 Å². The molecule has 2 heteroatoms. The van der Waals surface area contributed by atoms with Gasteiger partial charge in [0.05, 0.1) is 0 Å². The molecule has 2 nitrogen and oxygen atoms in total. The van der Waals surface area contributed by atoms with Gasteiger partial charge in [-0.15, -0.1) is 0 Å². The van der Waals surface area contributed by atoms with Crippen LogP contribution < -0.4 is 0 Å². The number of cyclic esters (lactones) is 1. The van der Waals surface area contributed by atoms with Gasteiger partial charge in [-0.25, -0.2) is 0 Å². The number of allylic oxidation sites excluding steroid dienone is 1. The summed E-state index contributed by atoms with van der Waals surface area (Å²) in [5.74, 6) is 1.08. The summed E-state index contributed by atoms with van der Waals surface area (Å²) in [6.07, 6.45) is 5.65. The van der Waals surface area contributed by atoms with E-state index in [0.717, 1.165) is 29.7 Å². The van der Waals surface area contributed by atoms with Crippen LogP contribution in [0.15, 0.2) is 66.7 Å². The molecule has 0 bridgehead atoms. The normalized spacial score (nSPS) is 34.2. The zero-order valence-corrected chi connectivity index (χ0v) is 12.9. The molecule has 2 aliphatic carbocycles. The van der Waals surface area contributed by atoms with Crippen molar-refractivity contribution in [2.45, 2.75) is 24.7 Å². The van der Waals surface area contributed by atoms with Gasteiger partial charge < -0.3 is 4.74 Å². The van der Waals surface area contributed by atoms with E-state index in [-0.39, 0.29) is 11.4 Å². The van der Waals surface area contributed by atoms with E-state index in [9.17, 15) is 4.79 Å². The molecule has 0 radical (unpaired) electrons. The molecule has 2 aromatic rings. The lowest BCUT2D eigenvalue weighted by Gasteiger charge is -2.29. The second-order valence-electron chi connectivity index (χ2n) is 6.92. The van der Waals surface area contributed by atoms with Crippen LogP contribution in [-0.4, -0.2) is 5.97 Å². The fraction of sp³-hybridized carbons (Fsp3) is 0.286. The average molecular weight is 302 g/mol. The Morgan fingerprint density at radius 1 is 0.957 bits per heavy atom. The minimum absolute atomic E-state index is 0.0329. The lowest BCUT2D eigenvalue weighted by molar-refractivity contribution is -0.142. The van der Waals surface area contributed by atoms with E-state index in [4.69, 9.17) is 4.74 Å². The topological polar surface area (TPSA) is 26.3 Å². The van der Waals surface area contributed by atoms with Crippen LogP contribution in [0, 0.1) is 11.3 Å². The Hall–Kier alpha value is -2.35. The second kappa shape index (κ2) is 4.35.